The van der Waals surface area contributed by atoms with Crippen molar-refractivity contribution in [3.63, 3.8) is 0 Å². The van der Waals surface area contributed by atoms with E-state index >= 15 is 0 Å². The van der Waals surface area contributed by atoms with E-state index in [0.717, 1.165) is 4.88 Å². The van der Waals surface area contributed by atoms with E-state index in [2.05, 4.69) is 52.7 Å². The van der Waals surface area contributed by atoms with Gasteiger partial charge in [0.05, 0.1) is 10.9 Å². The van der Waals surface area contributed by atoms with E-state index in [1.165, 1.54) is 27.7 Å². The predicted octanol–water partition coefficient (Wildman–Crippen LogP) is 3.93. The molecular formula is C19H20N2OS. The van der Waals surface area contributed by atoms with E-state index in [9.17, 15) is 4.79 Å². The number of carbonyl (C=O) groups is 1. The van der Waals surface area contributed by atoms with E-state index in [4.69, 9.17) is 0 Å². The Morgan fingerprint density at radius 2 is 1.87 bits per heavy atom. The van der Waals surface area contributed by atoms with Gasteiger partial charge in [-0.1, -0.05) is 48.5 Å². The highest BCUT2D eigenvalue weighted by molar-refractivity contribution is 7.12. The van der Waals surface area contributed by atoms with Gasteiger partial charge in [0, 0.05) is 6.54 Å². The smallest absolute Gasteiger partial charge is 0.261 e. The summed E-state index contributed by atoms with van der Waals surface area (Å²) in [5.41, 5.74) is 1.24. The fourth-order valence-electron chi connectivity index (χ4n) is 2.80. The summed E-state index contributed by atoms with van der Waals surface area (Å²) >= 11 is 1.46. The Bertz CT molecular complexity index is 791. The molecule has 3 rings (SSSR count). The number of nitrogens with one attached hydrogen (secondary N) is 1. The first-order chi connectivity index (χ1) is 11.2. The highest BCUT2D eigenvalue weighted by Gasteiger charge is 2.18. The molecule has 1 amide bonds. The summed E-state index contributed by atoms with van der Waals surface area (Å²) in [7, 11) is 4.09. The normalized spacial score (nSPS) is 12.5. The van der Waals surface area contributed by atoms with Gasteiger partial charge in [-0.05, 0) is 41.9 Å². The van der Waals surface area contributed by atoms with Crippen LogP contribution in [0.1, 0.15) is 21.3 Å². The van der Waals surface area contributed by atoms with Crippen LogP contribution in [0.3, 0.4) is 0 Å². The lowest BCUT2D eigenvalue weighted by atomic mass is 9.98. The van der Waals surface area contributed by atoms with Crippen LogP contribution in [-0.2, 0) is 0 Å². The molecule has 0 aliphatic carbocycles. The second-order valence-corrected chi connectivity index (χ2v) is 6.68. The molecule has 0 unspecified atom stereocenters. The minimum atomic E-state index is -0.00733. The van der Waals surface area contributed by atoms with E-state index in [1.807, 2.05) is 31.6 Å². The summed E-state index contributed by atoms with van der Waals surface area (Å²) in [5.74, 6) is -0.00733. The van der Waals surface area contributed by atoms with Crippen molar-refractivity contribution in [2.75, 3.05) is 20.6 Å². The topological polar surface area (TPSA) is 32.3 Å². The second kappa shape index (κ2) is 6.94. The molecule has 118 valence electrons. The zero-order valence-corrected chi connectivity index (χ0v) is 14.1. The number of carbonyl (C=O) groups excluding carboxylic acids is 1. The highest BCUT2D eigenvalue weighted by atomic mass is 32.1. The van der Waals surface area contributed by atoms with Gasteiger partial charge in [0.1, 0.15) is 0 Å². The van der Waals surface area contributed by atoms with Crippen LogP contribution in [0, 0.1) is 0 Å². The Balaban J connectivity index is 1.85. The number of hydrogen-bond acceptors (Lipinski definition) is 3. The molecule has 0 spiro atoms. The molecule has 0 aliphatic heterocycles. The van der Waals surface area contributed by atoms with Gasteiger partial charge in [0.15, 0.2) is 0 Å². The molecule has 3 nitrogen and oxygen atoms in total. The van der Waals surface area contributed by atoms with Gasteiger partial charge in [-0.3, -0.25) is 4.79 Å². The molecule has 1 heterocycles. The van der Waals surface area contributed by atoms with Crippen molar-refractivity contribution in [1.29, 1.82) is 0 Å². The zero-order valence-electron chi connectivity index (χ0n) is 13.3. The monoisotopic (exact) mass is 324 g/mol. The van der Waals surface area contributed by atoms with Crippen molar-refractivity contribution in [2.45, 2.75) is 6.04 Å². The molecule has 4 heteroatoms. The van der Waals surface area contributed by atoms with Crippen LogP contribution in [0.5, 0.6) is 0 Å². The molecule has 2 aromatic carbocycles. The molecule has 0 radical (unpaired) electrons. The van der Waals surface area contributed by atoms with Gasteiger partial charge in [0.25, 0.3) is 5.91 Å². The summed E-state index contributed by atoms with van der Waals surface area (Å²) < 4.78 is 0. The fourth-order valence-corrected chi connectivity index (χ4v) is 3.44. The summed E-state index contributed by atoms with van der Waals surface area (Å²) in [5, 5.41) is 7.44. The van der Waals surface area contributed by atoms with Crippen molar-refractivity contribution in [2.24, 2.45) is 0 Å². The molecular weight excluding hydrogens is 304 g/mol. The average molecular weight is 324 g/mol. The van der Waals surface area contributed by atoms with E-state index in [1.54, 1.807) is 0 Å². The minimum absolute atomic E-state index is 0.00733. The predicted molar refractivity (Wildman–Crippen MR) is 97.0 cm³/mol. The highest BCUT2D eigenvalue weighted by Crippen LogP contribution is 2.26. The number of thiophene rings is 1. The van der Waals surface area contributed by atoms with Crippen LogP contribution in [0.4, 0.5) is 0 Å². The lowest BCUT2D eigenvalue weighted by Crippen LogP contribution is -2.34. The van der Waals surface area contributed by atoms with Gasteiger partial charge in [-0.15, -0.1) is 11.3 Å². The first-order valence-electron chi connectivity index (χ1n) is 7.62. The van der Waals surface area contributed by atoms with Crippen molar-refractivity contribution in [3.05, 3.63) is 70.4 Å². The van der Waals surface area contributed by atoms with Crippen LogP contribution >= 0.6 is 11.3 Å². The fraction of sp³-hybridized carbons (Fsp3) is 0.211. The molecule has 0 saturated carbocycles. The van der Waals surface area contributed by atoms with E-state index in [0.29, 0.717) is 6.54 Å². The van der Waals surface area contributed by atoms with Gasteiger partial charge in [-0.2, -0.15) is 0 Å². The number of hydrogen-bond donors (Lipinski definition) is 1. The van der Waals surface area contributed by atoms with Gasteiger partial charge >= 0.3 is 0 Å². The van der Waals surface area contributed by atoms with Gasteiger partial charge in [-0.25, -0.2) is 0 Å². The first-order valence-corrected chi connectivity index (χ1v) is 8.50. The maximum Gasteiger partial charge on any atom is 0.261 e. The maximum absolute atomic E-state index is 12.2. The third-order valence-electron chi connectivity index (χ3n) is 4.01. The summed E-state index contributed by atoms with van der Waals surface area (Å²) in [6.45, 7) is 0.581. The minimum Gasteiger partial charge on any atom is -0.349 e. The SMILES string of the molecule is CN(C)[C@@H](CNC(=O)c1cccs1)c1cccc2ccccc12. The van der Waals surface area contributed by atoms with E-state index < -0.39 is 0 Å². The van der Waals surface area contributed by atoms with Crippen LogP contribution in [0.2, 0.25) is 0 Å². The summed E-state index contributed by atoms with van der Waals surface area (Å²) in [4.78, 5) is 15.1. The molecule has 3 aromatic rings. The Morgan fingerprint density at radius 1 is 1.09 bits per heavy atom. The zero-order chi connectivity index (χ0) is 16.2. The van der Waals surface area contributed by atoms with Crippen LogP contribution in [-0.4, -0.2) is 31.4 Å². The summed E-state index contributed by atoms with van der Waals surface area (Å²) in [6.07, 6.45) is 0. The van der Waals surface area contributed by atoms with Gasteiger partial charge in [0.2, 0.25) is 0 Å². The molecule has 1 atom stereocenters. The molecule has 1 aromatic heterocycles. The molecule has 23 heavy (non-hydrogen) atoms. The molecule has 1 N–H and O–H groups in total. The quantitative estimate of drug-likeness (QED) is 0.771. The summed E-state index contributed by atoms with van der Waals surface area (Å²) in [6, 6.07) is 18.6. The largest absolute Gasteiger partial charge is 0.349 e. The average Bonchev–Trinajstić information content (AvgIpc) is 3.09. The number of fused-ring (bicyclic) bond motifs is 1. The lowest BCUT2D eigenvalue weighted by molar-refractivity contribution is 0.0946. The van der Waals surface area contributed by atoms with Crippen LogP contribution < -0.4 is 5.32 Å². The standard InChI is InChI=1S/C19H20N2OS/c1-21(2)17(13-20-19(22)18-11-6-12-23-18)16-10-5-8-14-7-3-4-9-15(14)16/h3-12,17H,13H2,1-2H3,(H,20,22)/t17-/m0/s1. The van der Waals surface area contributed by atoms with Crippen molar-refractivity contribution < 1.29 is 4.79 Å². The van der Waals surface area contributed by atoms with Crippen molar-refractivity contribution in [1.82, 2.24) is 10.2 Å². The third-order valence-corrected chi connectivity index (χ3v) is 4.88. The molecule has 0 aliphatic rings. The Labute approximate surface area is 140 Å². The number of likely N-dealkylation sites (N-methyl/N-ethyl adjacent to an activating group) is 1. The Kier molecular flexibility index (Phi) is 4.74. The van der Waals surface area contributed by atoms with Crippen molar-refractivity contribution >= 4 is 28.0 Å². The van der Waals surface area contributed by atoms with Gasteiger partial charge < -0.3 is 10.2 Å². The molecule has 0 fully saturated rings. The number of rotatable bonds is 5. The Hall–Kier alpha value is -2.17. The van der Waals surface area contributed by atoms with Crippen molar-refractivity contribution in [3.8, 4) is 0 Å². The lowest BCUT2D eigenvalue weighted by Gasteiger charge is -2.26. The molecule has 0 bridgehead atoms. The third kappa shape index (κ3) is 3.44. The number of benzene rings is 2. The van der Waals surface area contributed by atoms with E-state index in [-0.39, 0.29) is 11.9 Å². The van der Waals surface area contributed by atoms with Crippen LogP contribution in [0.25, 0.3) is 10.8 Å². The first kappa shape index (κ1) is 15.7. The van der Waals surface area contributed by atoms with Crippen LogP contribution in [0.15, 0.2) is 60.0 Å². The Morgan fingerprint density at radius 3 is 2.61 bits per heavy atom. The second-order valence-electron chi connectivity index (χ2n) is 5.74. The maximum atomic E-state index is 12.2. The number of nitrogens with zero attached hydrogens (tertiary/aromatic N) is 1. The number of amides is 1. The molecule has 0 saturated heterocycles.